The van der Waals surface area contributed by atoms with Crippen molar-refractivity contribution in [2.45, 2.75) is 38.3 Å². The van der Waals surface area contributed by atoms with Crippen molar-refractivity contribution in [2.75, 3.05) is 5.32 Å². The molecule has 0 bridgehead atoms. The van der Waals surface area contributed by atoms with Crippen molar-refractivity contribution in [3.63, 3.8) is 0 Å². The predicted molar refractivity (Wildman–Crippen MR) is 103 cm³/mol. The zero-order valence-corrected chi connectivity index (χ0v) is 15.2. The lowest BCUT2D eigenvalue weighted by molar-refractivity contribution is 0.0935. The molecule has 1 fully saturated rings. The molecule has 1 saturated carbocycles. The molecular formula is C20H22N6O. The Labute approximate surface area is 157 Å². The summed E-state index contributed by atoms with van der Waals surface area (Å²) in [6.07, 6.45) is 8.05. The molecular weight excluding hydrogens is 340 g/mol. The van der Waals surface area contributed by atoms with Gasteiger partial charge < -0.3 is 10.6 Å². The number of aryl methyl sites for hydroxylation is 1. The minimum Gasteiger partial charge on any atom is -0.365 e. The lowest BCUT2D eigenvalue weighted by Gasteiger charge is -2.23. The Morgan fingerprint density at radius 3 is 2.63 bits per heavy atom. The van der Waals surface area contributed by atoms with E-state index in [9.17, 15) is 4.79 Å². The molecule has 138 valence electrons. The summed E-state index contributed by atoms with van der Waals surface area (Å²) in [7, 11) is 0. The molecule has 1 aromatic carbocycles. The zero-order valence-electron chi connectivity index (χ0n) is 15.2. The molecule has 0 unspecified atom stereocenters. The Hall–Kier alpha value is -3.22. The fraction of sp³-hybridized carbons (Fsp3) is 0.300. The second-order valence-electron chi connectivity index (χ2n) is 6.82. The van der Waals surface area contributed by atoms with Gasteiger partial charge in [0.15, 0.2) is 0 Å². The number of aromatic nitrogens is 4. The van der Waals surface area contributed by atoms with Crippen LogP contribution in [0.15, 0.2) is 55.0 Å². The molecule has 0 aliphatic heterocycles. The molecule has 0 saturated heterocycles. The van der Waals surface area contributed by atoms with Gasteiger partial charge in [0.2, 0.25) is 0 Å². The van der Waals surface area contributed by atoms with Gasteiger partial charge in [0, 0.05) is 18.3 Å². The quantitative estimate of drug-likeness (QED) is 0.729. The van der Waals surface area contributed by atoms with Gasteiger partial charge in [-0.25, -0.2) is 4.98 Å². The third kappa shape index (κ3) is 3.81. The first-order valence-electron chi connectivity index (χ1n) is 9.16. The van der Waals surface area contributed by atoms with Crippen LogP contribution in [-0.2, 0) is 0 Å². The minimum absolute atomic E-state index is 0.0549. The first-order valence-corrected chi connectivity index (χ1v) is 9.16. The van der Waals surface area contributed by atoms with Crippen molar-refractivity contribution in [1.29, 1.82) is 0 Å². The van der Waals surface area contributed by atoms with Crippen molar-refractivity contribution >= 4 is 11.7 Å². The number of hydrogen-bond donors (Lipinski definition) is 2. The number of pyridine rings is 1. The van der Waals surface area contributed by atoms with Gasteiger partial charge in [-0.1, -0.05) is 18.2 Å². The average Bonchev–Trinajstić information content (AvgIpc) is 3.36. The fourth-order valence-electron chi connectivity index (χ4n) is 3.48. The van der Waals surface area contributed by atoms with Crippen LogP contribution in [0.3, 0.4) is 0 Å². The molecule has 4 rings (SSSR count). The van der Waals surface area contributed by atoms with E-state index in [1.165, 1.54) is 4.80 Å². The average molecular weight is 362 g/mol. The number of para-hydroxylation sites is 1. The monoisotopic (exact) mass is 362 g/mol. The van der Waals surface area contributed by atoms with E-state index in [1.807, 2.05) is 43.5 Å². The van der Waals surface area contributed by atoms with Crippen LogP contribution in [0.2, 0.25) is 0 Å². The summed E-state index contributed by atoms with van der Waals surface area (Å²) >= 11 is 0. The topological polar surface area (TPSA) is 84.7 Å². The molecule has 2 heterocycles. The molecule has 7 heteroatoms. The van der Waals surface area contributed by atoms with Gasteiger partial charge in [-0.15, -0.1) is 0 Å². The zero-order chi connectivity index (χ0) is 18.6. The van der Waals surface area contributed by atoms with E-state index >= 15 is 0 Å². The van der Waals surface area contributed by atoms with Crippen LogP contribution in [0, 0.1) is 6.92 Å². The standard InChI is InChI=1S/C20H22N6O/c1-14-9-10-19(21-13-14)24-16-6-4-7-17(16)25-20(27)15-5-2-3-8-18(15)26-22-11-12-23-26/h2-3,5,8-13,16-17H,4,6-7H2,1H3,(H,21,24)(H,25,27)/t16-,17+/m0/s1. The molecule has 0 radical (unpaired) electrons. The van der Waals surface area contributed by atoms with Crippen LogP contribution >= 0.6 is 0 Å². The van der Waals surface area contributed by atoms with Crippen LogP contribution in [-0.4, -0.2) is 38.0 Å². The van der Waals surface area contributed by atoms with Gasteiger partial charge in [0.1, 0.15) is 5.82 Å². The summed E-state index contributed by atoms with van der Waals surface area (Å²) in [5.41, 5.74) is 2.36. The maximum atomic E-state index is 12.9. The third-order valence-corrected chi connectivity index (χ3v) is 4.86. The summed E-state index contributed by atoms with van der Waals surface area (Å²) in [5.74, 6) is 0.728. The third-order valence-electron chi connectivity index (χ3n) is 4.86. The highest BCUT2D eigenvalue weighted by Gasteiger charge is 2.29. The van der Waals surface area contributed by atoms with Crippen molar-refractivity contribution in [1.82, 2.24) is 25.3 Å². The van der Waals surface area contributed by atoms with Crippen LogP contribution in [0.5, 0.6) is 0 Å². The van der Waals surface area contributed by atoms with Gasteiger partial charge in [-0.05, 0) is 49.9 Å². The minimum atomic E-state index is -0.113. The molecule has 1 aliphatic carbocycles. The maximum Gasteiger partial charge on any atom is 0.253 e. The number of rotatable bonds is 5. The SMILES string of the molecule is Cc1ccc(N[C@H]2CCC[C@H]2NC(=O)c2ccccc2-n2nccn2)nc1. The molecule has 2 aromatic heterocycles. The lowest BCUT2D eigenvalue weighted by atomic mass is 10.1. The number of benzene rings is 1. The highest BCUT2D eigenvalue weighted by Crippen LogP contribution is 2.23. The van der Waals surface area contributed by atoms with E-state index in [1.54, 1.807) is 18.5 Å². The Kier molecular flexibility index (Phi) is 4.82. The summed E-state index contributed by atoms with van der Waals surface area (Å²) in [5, 5.41) is 14.9. The van der Waals surface area contributed by atoms with Gasteiger partial charge in [-0.3, -0.25) is 4.79 Å². The van der Waals surface area contributed by atoms with Crippen molar-refractivity contribution in [2.24, 2.45) is 0 Å². The molecule has 7 nitrogen and oxygen atoms in total. The molecule has 3 aromatic rings. The number of anilines is 1. The number of carbonyl (C=O) groups excluding carboxylic acids is 1. The van der Waals surface area contributed by atoms with E-state index in [-0.39, 0.29) is 18.0 Å². The molecule has 1 amide bonds. The van der Waals surface area contributed by atoms with Gasteiger partial charge >= 0.3 is 0 Å². The van der Waals surface area contributed by atoms with Crippen molar-refractivity contribution < 1.29 is 4.79 Å². The van der Waals surface area contributed by atoms with Crippen LogP contribution in [0.1, 0.15) is 35.2 Å². The van der Waals surface area contributed by atoms with E-state index < -0.39 is 0 Å². The van der Waals surface area contributed by atoms with E-state index in [4.69, 9.17) is 0 Å². The number of hydrogen-bond acceptors (Lipinski definition) is 5. The first kappa shape index (κ1) is 17.2. The second kappa shape index (κ2) is 7.57. The molecule has 27 heavy (non-hydrogen) atoms. The second-order valence-corrected chi connectivity index (χ2v) is 6.82. The fourth-order valence-corrected chi connectivity index (χ4v) is 3.48. The van der Waals surface area contributed by atoms with Crippen molar-refractivity contribution in [3.8, 4) is 5.69 Å². The first-order chi connectivity index (χ1) is 13.2. The summed E-state index contributed by atoms with van der Waals surface area (Å²) in [6, 6.07) is 11.6. The van der Waals surface area contributed by atoms with E-state index in [2.05, 4.69) is 25.8 Å². The van der Waals surface area contributed by atoms with E-state index in [0.29, 0.717) is 11.3 Å². The molecule has 2 atom stereocenters. The summed E-state index contributed by atoms with van der Waals surface area (Å²) in [4.78, 5) is 18.8. The van der Waals surface area contributed by atoms with Crippen LogP contribution in [0.25, 0.3) is 5.69 Å². The Morgan fingerprint density at radius 2 is 1.85 bits per heavy atom. The summed E-state index contributed by atoms with van der Waals surface area (Å²) in [6.45, 7) is 2.02. The Balaban J connectivity index is 1.48. The largest absolute Gasteiger partial charge is 0.365 e. The van der Waals surface area contributed by atoms with Crippen molar-refractivity contribution in [3.05, 3.63) is 66.1 Å². The van der Waals surface area contributed by atoms with Crippen LogP contribution < -0.4 is 10.6 Å². The smallest absolute Gasteiger partial charge is 0.253 e. The molecule has 0 spiro atoms. The Bertz CT molecular complexity index is 906. The normalized spacial score (nSPS) is 19.0. The highest BCUT2D eigenvalue weighted by molar-refractivity contribution is 5.97. The molecule has 2 N–H and O–H groups in total. The Morgan fingerprint density at radius 1 is 1.07 bits per heavy atom. The summed E-state index contributed by atoms with van der Waals surface area (Å²) < 4.78 is 0. The number of nitrogens with zero attached hydrogens (tertiary/aromatic N) is 4. The van der Waals surface area contributed by atoms with Gasteiger partial charge in [0.05, 0.1) is 23.6 Å². The number of carbonyl (C=O) groups is 1. The van der Waals surface area contributed by atoms with Crippen LogP contribution in [0.4, 0.5) is 5.82 Å². The predicted octanol–water partition coefficient (Wildman–Crippen LogP) is 2.73. The molecule has 1 aliphatic rings. The highest BCUT2D eigenvalue weighted by atomic mass is 16.1. The number of nitrogens with one attached hydrogen (secondary N) is 2. The maximum absolute atomic E-state index is 12.9. The van der Waals surface area contributed by atoms with Gasteiger partial charge in [0.25, 0.3) is 5.91 Å². The van der Waals surface area contributed by atoms with E-state index in [0.717, 1.165) is 30.6 Å². The number of amides is 1. The van der Waals surface area contributed by atoms with Gasteiger partial charge in [-0.2, -0.15) is 15.0 Å². The lowest BCUT2D eigenvalue weighted by Crippen LogP contribution is -2.43.